The fourth-order valence-electron chi connectivity index (χ4n) is 5.35. The van der Waals surface area contributed by atoms with E-state index in [0.29, 0.717) is 23.3 Å². The van der Waals surface area contributed by atoms with Gasteiger partial charge in [0.25, 0.3) is 11.4 Å². The molecule has 12 nitrogen and oxygen atoms in total. The molecule has 2 N–H and O–H groups in total. The zero-order valence-corrected chi connectivity index (χ0v) is 27.3. The Bertz CT molecular complexity index is 1760. The summed E-state index contributed by atoms with van der Waals surface area (Å²) in [7, 11) is 2.63. The zero-order chi connectivity index (χ0) is 38.4. The Morgan fingerprint density at radius 1 is 0.596 bits per heavy atom. The van der Waals surface area contributed by atoms with E-state index in [1.54, 1.807) is 0 Å². The lowest BCUT2D eigenvalue weighted by Crippen LogP contribution is -2.10. The predicted molar refractivity (Wildman–Crippen MR) is 171 cm³/mol. The standard InChI is InChI=1S/C34H30F6N2O10/c1-49-17-23-13-22(14-24(18-50-2)32(23)52-30-6-4-26(42(47)48)16-28(30)34(38,39)40)21-11-19(7-9-43)31(20(12-21)8-10-44)51-29-5-3-25(41(45)46)15-27(29)33(35,36)37/h3-6,11-16,43-44H,7-10,17-18H2,1-2H3. The lowest BCUT2D eigenvalue weighted by molar-refractivity contribution is -0.385. The monoisotopic (exact) mass is 740 g/mol. The first-order valence-corrected chi connectivity index (χ1v) is 15.1. The highest BCUT2D eigenvalue weighted by molar-refractivity contribution is 5.71. The van der Waals surface area contributed by atoms with Crippen LogP contribution in [-0.2, 0) is 47.9 Å². The van der Waals surface area contributed by atoms with Crippen molar-refractivity contribution in [2.45, 2.75) is 38.4 Å². The van der Waals surface area contributed by atoms with Gasteiger partial charge >= 0.3 is 12.4 Å². The molecule has 278 valence electrons. The van der Waals surface area contributed by atoms with Gasteiger partial charge in [-0.1, -0.05) is 0 Å². The minimum Gasteiger partial charge on any atom is -0.456 e. The van der Waals surface area contributed by atoms with Crippen LogP contribution in [0.2, 0.25) is 0 Å². The number of aliphatic hydroxyl groups is 2. The Labute approximate surface area is 291 Å². The first-order valence-electron chi connectivity index (χ1n) is 15.1. The maximum Gasteiger partial charge on any atom is 0.420 e. The highest BCUT2D eigenvalue weighted by Gasteiger charge is 2.38. The second kappa shape index (κ2) is 16.4. The van der Waals surface area contributed by atoms with E-state index in [9.17, 15) is 56.8 Å². The molecule has 0 bridgehead atoms. The summed E-state index contributed by atoms with van der Waals surface area (Å²) in [5, 5.41) is 42.1. The summed E-state index contributed by atoms with van der Waals surface area (Å²) in [6.45, 7) is -1.39. The second-order valence-corrected chi connectivity index (χ2v) is 11.1. The van der Waals surface area contributed by atoms with Crippen molar-refractivity contribution in [3.05, 3.63) is 114 Å². The van der Waals surface area contributed by atoms with Gasteiger partial charge in [-0.3, -0.25) is 20.2 Å². The molecule has 0 spiro atoms. The molecular weight excluding hydrogens is 710 g/mol. The molecule has 0 radical (unpaired) electrons. The average Bonchev–Trinajstić information content (AvgIpc) is 3.06. The van der Waals surface area contributed by atoms with Crippen LogP contribution in [-0.4, -0.2) is 47.5 Å². The van der Waals surface area contributed by atoms with Crippen LogP contribution in [0.1, 0.15) is 33.4 Å². The number of benzene rings is 4. The topological polar surface area (TPSA) is 164 Å². The largest absolute Gasteiger partial charge is 0.456 e. The van der Waals surface area contributed by atoms with Crippen molar-refractivity contribution in [3.8, 4) is 34.1 Å². The summed E-state index contributed by atoms with van der Waals surface area (Å²) in [5.41, 5.74) is -2.88. The molecule has 0 aromatic heterocycles. The van der Waals surface area contributed by atoms with Gasteiger partial charge in [0, 0.05) is 62.8 Å². The number of non-ortho nitro benzene ring substituents is 2. The van der Waals surface area contributed by atoms with Crippen LogP contribution in [0.25, 0.3) is 11.1 Å². The number of nitrogens with zero attached hydrogens (tertiary/aromatic N) is 2. The van der Waals surface area contributed by atoms with Crippen molar-refractivity contribution in [2.75, 3.05) is 27.4 Å². The SMILES string of the molecule is COCc1cc(-c2cc(CCO)c(Oc3ccc([N+](=O)[O-])cc3C(F)(F)F)c(CCO)c2)cc(COC)c1Oc1ccc([N+](=O)[O-])cc1C(F)(F)F. The maximum atomic E-state index is 14.0. The molecule has 18 heteroatoms. The quantitative estimate of drug-likeness (QED) is 0.0691. The maximum absolute atomic E-state index is 14.0. The number of hydrogen-bond acceptors (Lipinski definition) is 10. The second-order valence-electron chi connectivity index (χ2n) is 11.1. The van der Waals surface area contributed by atoms with Crippen LogP contribution in [0.4, 0.5) is 37.7 Å². The first kappa shape index (κ1) is 39.5. The molecule has 0 heterocycles. The summed E-state index contributed by atoms with van der Waals surface area (Å²) in [5.74, 6) is -1.74. The average molecular weight is 741 g/mol. The Morgan fingerprint density at radius 3 is 1.25 bits per heavy atom. The van der Waals surface area contributed by atoms with Gasteiger partial charge in [-0.15, -0.1) is 0 Å². The Kier molecular flexibility index (Phi) is 12.4. The Morgan fingerprint density at radius 2 is 0.942 bits per heavy atom. The van der Waals surface area contributed by atoms with Crippen molar-refractivity contribution in [3.63, 3.8) is 0 Å². The van der Waals surface area contributed by atoms with E-state index >= 15 is 0 Å². The van der Waals surface area contributed by atoms with E-state index in [0.717, 1.165) is 24.3 Å². The van der Waals surface area contributed by atoms with Crippen molar-refractivity contribution in [1.29, 1.82) is 0 Å². The van der Waals surface area contributed by atoms with Crippen molar-refractivity contribution >= 4 is 11.4 Å². The van der Waals surface area contributed by atoms with Gasteiger partial charge in [0.1, 0.15) is 34.1 Å². The minimum absolute atomic E-state index is 0.101. The summed E-state index contributed by atoms with van der Waals surface area (Å²) < 4.78 is 106. The van der Waals surface area contributed by atoms with Gasteiger partial charge in [-0.2, -0.15) is 26.3 Å². The number of hydrogen-bond donors (Lipinski definition) is 2. The van der Waals surface area contributed by atoms with Crippen LogP contribution in [0.5, 0.6) is 23.0 Å². The van der Waals surface area contributed by atoms with Crippen LogP contribution in [0.15, 0.2) is 60.7 Å². The Balaban J connectivity index is 1.90. The molecule has 0 fully saturated rings. The first-order chi connectivity index (χ1) is 24.5. The molecule has 0 aliphatic carbocycles. The smallest absolute Gasteiger partial charge is 0.420 e. The molecule has 4 aromatic rings. The molecule has 0 amide bonds. The van der Waals surface area contributed by atoms with Gasteiger partial charge in [-0.25, -0.2) is 0 Å². The third kappa shape index (κ3) is 9.13. The molecule has 52 heavy (non-hydrogen) atoms. The minimum atomic E-state index is -5.05. The summed E-state index contributed by atoms with van der Waals surface area (Å²) >= 11 is 0. The molecule has 0 aliphatic heterocycles. The zero-order valence-electron chi connectivity index (χ0n) is 27.3. The van der Waals surface area contributed by atoms with Gasteiger partial charge in [0.2, 0.25) is 0 Å². The number of rotatable bonds is 15. The molecule has 4 rings (SSSR count). The van der Waals surface area contributed by atoms with Gasteiger partial charge in [0.05, 0.1) is 23.1 Å². The lowest BCUT2D eigenvalue weighted by Gasteiger charge is -2.22. The molecule has 0 saturated heterocycles. The van der Waals surface area contributed by atoms with Crippen molar-refractivity contribution < 1.29 is 65.3 Å². The van der Waals surface area contributed by atoms with Gasteiger partial charge < -0.3 is 29.2 Å². The summed E-state index contributed by atoms with van der Waals surface area (Å²) in [6.07, 6.45) is -10.4. The number of halogens is 6. The van der Waals surface area contributed by atoms with Crippen LogP contribution in [0.3, 0.4) is 0 Å². The number of ether oxygens (including phenoxy) is 4. The van der Waals surface area contributed by atoms with Crippen LogP contribution < -0.4 is 9.47 Å². The van der Waals surface area contributed by atoms with Gasteiger partial charge in [0.15, 0.2) is 0 Å². The van der Waals surface area contributed by atoms with E-state index in [1.807, 2.05) is 0 Å². The molecule has 0 aliphatic rings. The predicted octanol–water partition coefficient (Wildman–Crippen LogP) is 8.15. The fraction of sp³-hybridized carbons (Fsp3) is 0.294. The van der Waals surface area contributed by atoms with Crippen molar-refractivity contribution in [2.24, 2.45) is 0 Å². The number of methoxy groups -OCH3 is 2. The third-order valence-electron chi connectivity index (χ3n) is 7.56. The number of alkyl halides is 6. The van der Waals surface area contributed by atoms with E-state index in [1.165, 1.54) is 38.5 Å². The van der Waals surface area contributed by atoms with E-state index in [2.05, 4.69) is 0 Å². The number of nitro groups is 2. The number of aliphatic hydroxyl groups excluding tert-OH is 2. The van der Waals surface area contributed by atoms with Gasteiger partial charge in [-0.05, 0) is 71.5 Å². The molecular formula is C34H30F6N2O10. The lowest BCUT2D eigenvalue weighted by atomic mass is 9.93. The Hall–Kier alpha value is -5.30. The van der Waals surface area contributed by atoms with E-state index in [4.69, 9.17) is 18.9 Å². The van der Waals surface area contributed by atoms with E-state index in [-0.39, 0.29) is 59.8 Å². The molecule has 0 atom stereocenters. The number of nitro benzene ring substituents is 2. The fourth-order valence-corrected chi connectivity index (χ4v) is 5.35. The van der Waals surface area contributed by atoms with Crippen molar-refractivity contribution in [1.82, 2.24) is 0 Å². The summed E-state index contributed by atoms with van der Waals surface area (Å²) in [6, 6.07) is 9.98. The third-order valence-corrected chi connectivity index (χ3v) is 7.56. The molecule has 0 saturated carbocycles. The summed E-state index contributed by atoms with van der Waals surface area (Å²) in [4.78, 5) is 20.4. The van der Waals surface area contributed by atoms with E-state index < -0.39 is 69.4 Å². The normalized spacial score (nSPS) is 11.8. The molecule has 0 unspecified atom stereocenters. The van der Waals surface area contributed by atoms with Crippen LogP contribution >= 0.6 is 0 Å². The van der Waals surface area contributed by atoms with Crippen LogP contribution in [0, 0.1) is 20.2 Å². The molecule has 4 aromatic carbocycles. The highest BCUT2D eigenvalue weighted by Crippen LogP contribution is 2.45. The highest BCUT2D eigenvalue weighted by atomic mass is 19.4.